The lowest BCUT2D eigenvalue weighted by Crippen LogP contribution is -2.39. The molecule has 0 unspecified atom stereocenters. The van der Waals surface area contributed by atoms with Gasteiger partial charge in [0.25, 0.3) is 0 Å². The minimum Gasteiger partial charge on any atom is -0.478 e. The molecule has 0 saturated heterocycles. The van der Waals surface area contributed by atoms with Crippen LogP contribution in [-0.4, -0.2) is 36.9 Å². The second kappa shape index (κ2) is 6.99. The van der Waals surface area contributed by atoms with Gasteiger partial charge in [-0.2, -0.15) is 0 Å². The Kier molecular flexibility index (Phi) is 5.93. The summed E-state index contributed by atoms with van der Waals surface area (Å²) in [6.45, 7) is 8.30. The molecule has 1 aromatic carbocycles. The highest BCUT2D eigenvalue weighted by Gasteiger charge is 2.32. The molecule has 0 spiro atoms. The Bertz CT molecular complexity index is 411. The van der Waals surface area contributed by atoms with Crippen molar-refractivity contribution in [3.8, 4) is 0 Å². The Hall–Kier alpha value is -0.956. The molecular formula is C13H22O4Si2. The van der Waals surface area contributed by atoms with E-state index in [2.05, 4.69) is 26.9 Å². The lowest BCUT2D eigenvalue weighted by atomic mass is 9.83. The maximum absolute atomic E-state index is 10.9. The average Bonchev–Trinajstić information content (AvgIpc) is 2.38. The van der Waals surface area contributed by atoms with E-state index in [1.807, 2.05) is 12.1 Å². The molecule has 0 aromatic heterocycles. The van der Waals surface area contributed by atoms with Crippen LogP contribution in [0.25, 0.3) is 0 Å². The van der Waals surface area contributed by atoms with E-state index in [0.29, 0.717) is 5.56 Å². The Morgan fingerprint density at radius 3 is 2.00 bits per heavy atom. The van der Waals surface area contributed by atoms with Crippen molar-refractivity contribution in [1.29, 1.82) is 0 Å². The summed E-state index contributed by atoms with van der Waals surface area (Å²) in [7, 11) is -1.11. The van der Waals surface area contributed by atoms with Gasteiger partial charge in [0, 0.05) is 5.41 Å². The van der Waals surface area contributed by atoms with Gasteiger partial charge in [0.2, 0.25) is 0 Å². The van der Waals surface area contributed by atoms with Crippen LogP contribution in [0.4, 0.5) is 0 Å². The molecule has 6 heteroatoms. The maximum Gasteiger partial charge on any atom is 0.335 e. The Labute approximate surface area is 119 Å². The Balaban J connectivity index is 2.99. The third-order valence-corrected chi connectivity index (χ3v) is 4.37. The van der Waals surface area contributed by atoms with E-state index in [0.717, 1.165) is 5.56 Å². The molecule has 0 aliphatic carbocycles. The number of carbonyl (C=O) groups is 1. The van der Waals surface area contributed by atoms with Gasteiger partial charge in [-0.3, -0.25) is 0 Å². The van der Waals surface area contributed by atoms with Crippen LogP contribution in [0.3, 0.4) is 0 Å². The predicted octanol–water partition coefficient (Wildman–Crippen LogP) is 1.29. The topological polar surface area (TPSA) is 55.8 Å². The van der Waals surface area contributed by atoms with E-state index in [1.54, 1.807) is 12.1 Å². The highest BCUT2D eigenvalue weighted by molar-refractivity contribution is 6.26. The molecule has 0 bridgehead atoms. The van der Waals surface area contributed by atoms with E-state index < -0.39 is 25.5 Å². The lowest BCUT2D eigenvalue weighted by molar-refractivity contribution is -0.0433. The van der Waals surface area contributed by atoms with E-state index in [-0.39, 0.29) is 11.7 Å². The zero-order chi connectivity index (χ0) is 14.5. The predicted molar refractivity (Wildman–Crippen MR) is 81.2 cm³/mol. The van der Waals surface area contributed by atoms with Crippen LogP contribution in [0.2, 0.25) is 13.1 Å². The zero-order valence-corrected chi connectivity index (χ0v) is 14.8. The number of rotatable bonds is 7. The Morgan fingerprint density at radius 1 is 1.16 bits per heavy atom. The molecule has 0 aliphatic heterocycles. The van der Waals surface area contributed by atoms with Crippen LogP contribution in [0, 0.1) is 0 Å². The molecule has 1 aromatic rings. The highest BCUT2D eigenvalue weighted by atomic mass is 28.2. The fourth-order valence-corrected chi connectivity index (χ4v) is 3.77. The molecule has 4 nitrogen and oxygen atoms in total. The normalized spacial score (nSPS) is 14.5. The van der Waals surface area contributed by atoms with Crippen LogP contribution in [0.1, 0.15) is 29.8 Å². The van der Waals surface area contributed by atoms with Gasteiger partial charge in [-0.05, 0) is 17.7 Å². The number of benzene rings is 1. The van der Waals surface area contributed by atoms with Gasteiger partial charge < -0.3 is 14.0 Å². The van der Waals surface area contributed by atoms with E-state index in [1.165, 1.54) is 0 Å². The molecule has 0 radical (unpaired) electrons. The quantitative estimate of drug-likeness (QED) is 0.609. The second-order valence-corrected chi connectivity index (χ2v) is 6.67. The SMILES string of the molecule is C[SiH2]OC(O[SiH2]C)C(C)(C)c1ccc(C(=O)O)cc1. The molecule has 0 amide bonds. The van der Waals surface area contributed by atoms with E-state index in [4.69, 9.17) is 14.0 Å². The minimum absolute atomic E-state index is 0.225. The summed E-state index contributed by atoms with van der Waals surface area (Å²) in [6, 6.07) is 6.95. The van der Waals surface area contributed by atoms with Crippen molar-refractivity contribution >= 4 is 25.5 Å². The number of carboxylic acids is 1. The number of hydrogen-bond donors (Lipinski definition) is 1. The summed E-state index contributed by atoms with van der Waals surface area (Å²) < 4.78 is 11.6. The van der Waals surface area contributed by atoms with Crippen LogP contribution in [-0.2, 0) is 14.3 Å². The first-order valence-corrected chi connectivity index (χ1v) is 10.5. The monoisotopic (exact) mass is 298 g/mol. The van der Waals surface area contributed by atoms with Crippen LogP contribution in [0.15, 0.2) is 24.3 Å². The van der Waals surface area contributed by atoms with Gasteiger partial charge in [-0.25, -0.2) is 4.79 Å². The molecule has 0 aliphatic rings. The highest BCUT2D eigenvalue weighted by Crippen LogP contribution is 2.29. The molecule has 1 N–H and O–H groups in total. The van der Waals surface area contributed by atoms with Gasteiger partial charge in [0.05, 0.1) is 5.56 Å². The van der Waals surface area contributed by atoms with Gasteiger partial charge in [0.15, 0.2) is 19.5 Å². The second-order valence-electron chi connectivity index (χ2n) is 4.85. The van der Waals surface area contributed by atoms with Gasteiger partial charge in [-0.1, -0.05) is 39.1 Å². The summed E-state index contributed by atoms with van der Waals surface area (Å²) >= 11 is 0. The van der Waals surface area contributed by atoms with Crippen LogP contribution in [0.5, 0.6) is 0 Å². The first-order chi connectivity index (χ1) is 8.93. The molecule has 1 rings (SSSR count). The summed E-state index contributed by atoms with van der Waals surface area (Å²) in [5.74, 6) is -0.907. The smallest absolute Gasteiger partial charge is 0.335 e. The summed E-state index contributed by atoms with van der Waals surface area (Å²) in [5.41, 5.74) is 1.06. The molecule has 106 valence electrons. The summed E-state index contributed by atoms with van der Waals surface area (Å²) in [5, 5.41) is 8.92. The van der Waals surface area contributed by atoms with Crippen molar-refractivity contribution in [2.75, 3.05) is 0 Å². The van der Waals surface area contributed by atoms with Gasteiger partial charge >= 0.3 is 5.97 Å². The standard InChI is InChI=1S/C13H22O4Si2/c1-13(2,12(16-18-3)17-19-4)10-7-5-9(6-8-10)11(14)15/h5-8,12H,18-19H2,1-4H3,(H,14,15). The largest absolute Gasteiger partial charge is 0.478 e. The fraction of sp³-hybridized carbons (Fsp3) is 0.462. The first kappa shape index (κ1) is 16.1. The van der Waals surface area contributed by atoms with Gasteiger partial charge in [0.1, 0.15) is 6.29 Å². The summed E-state index contributed by atoms with van der Waals surface area (Å²) in [4.78, 5) is 10.9. The van der Waals surface area contributed by atoms with Crippen molar-refractivity contribution in [3.63, 3.8) is 0 Å². The molecular weight excluding hydrogens is 276 g/mol. The number of hydrogen-bond acceptors (Lipinski definition) is 3. The molecule has 0 atom stereocenters. The number of aromatic carboxylic acids is 1. The third kappa shape index (κ3) is 4.00. The van der Waals surface area contributed by atoms with Crippen molar-refractivity contribution in [3.05, 3.63) is 35.4 Å². The van der Waals surface area contributed by atoms with E-state index in [9.17, 15) is 4.79 Å². The van der Waals surface area contributed by atoms with Crippen molar-refractivity contribution < 1.29 is 18.8 Å². The van der Waals surface area contributed by atoms with Crippen LogP contribution >= 0.6 is 0 Å². The number of carboxylic acid groups (broad SMARTS) is 1. The molecule has 0 heterocycles. The van der Waals surface area contributed by atoms with Crippen molar-refractivity contribution in [2.45, 2.75) is 38.6 Å². The fourth-order valence-electron chi connectivity index (χ4n) is 1.95. The van der Waals surface area contributed by atoms with E-state index >= 15 is 0 Å². The first-order valence-electron chi connectivity index (χ1n) is 6.50. The maximum atomic E-state index is 10.9. The van der Waals surface area contributed by atoms with Crippen molar-refractivity contribution in [1.82, 2.24) is 0 Å². The molecule has 0 fully saturated rings. The van der Waals surface area contributed by atoms with Crippen molar-refractivity contribution in [2.24, 2.45) is 0 Å². The minimum atomic E-state index is -0.907. The van der Waals surface area contributed by atoms with Gasteiger partial charge in [-0.15, -0.1) is 0 Å². The summed E-state index contributed by atoms with van der Waals surface area (Å²) in [6.07, 6.45) is -0.225. The zero-order valence-electron chi connectivity index (χ0n) is 12.0. The molecule has 0 saturated carbocycles. The third-order valence-electron chi connectivity index (χ3n) is 3.10. The van der Waals surface area contributed by atoms with Crippen LogP contribution < -0.4 is 0 Å². The molecule has 19 heavy (non-hydrogen) atoms. The Morgan fingerprint density at radius 2 is 1.63 bits per heavy atom. The lowest BCUT2D eigenvalue weighted by Gasteiger charge is -2.35. The average molecular weight is 298 g/mol.